The lowest BCUT2D eigenvalue weighted by Crippen LogP contribution is -2.40. The summed E-state index contributed by atoms with van der Waals surface area (Å²) in [7, 11) is 1.43. The van der Waals surface area contributed by atoms with Gasteiger partial charge in [-0.15, -0.1) is 0 Å². The number of rotatable bonds is 8. The van der Waals surface area contributed by atoms with Crippen molar-refractivity contribution in [3.05, 3.63) is 84.5 Å². The Hall–Kier alpha value is -4.51. The molecule has 10 nitrogen and oxygen atoms in total. The molecule has 0 N–H and O–H groups in total. The molecule has 214 valence electrons. The topological polar surface area (TPSA) is 122 Å². The molecule has 1 atom stereocenters. The highest BCUT2D eigenvalue weighted by Gasteiger charge is 2.34. The van der Waals surface area contributed by atoms with Crippen LogP contribution < -0.4 is 29.1 Å². The van der Waals surface area contributed by atoms with Crippen molar-refractivity contribution in [2.75, 3.05) is 13.7 Å². The van der Waals surface area contributed by atoms with E-state index in [9.17, 15) is 19.2 Å². The quantitative estimate of drug-likeness (QED) is 0.295. The Morgan fingerprint density at radius 2 is 1.71 bits per heavy atom. The summed E-state index contributed by atoms with van der Waals surface area (Å²) in [6.07, 6.45) is 1.71. The maximum atomic E-state index is 13.9. The summed E-state index contributed by atoms with van der Waals surface area (Å²) in [5.41, 5.74) is 1.54. The first-order valence-corrected chi connectivity index (χ1v) is 13.6. The van der Waals surface area contributed by atoms with Crippen LogP contribution in [0.1, 0.15) is 51.8 Å². The van der Waals surface area contributed by atoms with E-state index in [1.165, 1.54) is 36.9 Å². The van der Waals surface area contributed by atoms with Gasteiger partial charge >= 0.3 is 17.9 Å². The van der Waals surface area contributed by atoms with Crippen LogP contribution in [0.5, 0.6) is 17.2 Å². The van der Waals surface area contributed by atoms with Crippen LogP contribution in [-0.4, -0.2) is 36.2 Å². The summed E-state index contributed by atoms with van der Waals surface area (Å²) in [5.74, 6) is -0.559. The molecule has 0 amide bonds. The zero-order chi connectivity index (χ0) is 29.8. The average Bonchev–Trinajstić information content (AvgIpc) is 3.21. The van der Waals surface area contributed by atoms with E-state index < -0.39 is 23.9 Å². The zero-order valence-electron chi connectivity index (χ0n) is 23.5. The van der Waals surface area contributed by atoms with Gasteiger partial charge in [-0.2, -0.15) is 0 Å². The van der Waals surface area contributed by atoms with Crippen LogP contribution in [0.25, 0.3) is 6.08 Å². The van der Waals surface area contributed by atoms with E-state index >= 15 is 0 Å². The Balaban J connectivity index is 1.87. The van der Waals surface area contributed by atoms with Crippen molar-refractivity contribution >= 4 is 35.3 Å². The third-order valence-corrected chi connectivity index (χ3v) is 6.97. The van der Waals surface area contributed by atoms with Gasteiger partial charge in [0.2, 0.25) is 0 Å². The Kier molecular flexibility index (Phi) is 8.87. The van der Waals surface area contributed by atoms with E-state index in [2.05, 4.69) is 4.99 Å². The number of nitrogens with zero attached hydrogens (tertiary/aromatic N) is 2. The van der Waals surface area contributed by atoms with Crippen molar-refractivity contribution in [3.8, 4) is 17.2 Å². The van der Waals surface area contributed by atoms with Crippen LogP contribution in [0.4, 0.5) is 0 Å². The van der Waals surface area contributed by atoms with Crippen molar-refractivity contribution in [1.82, 2.24) is 4.57 Å². The number of aromatic nitrogens is 1. The zero-order valence-corrected chi connectivity index (χ0v) is 24.4. The molecule has 0 aliphatic carbocycles. The fraction of sp³-hybridized carbons (Fsp3) is 0.300. The number of esters is 3. The molecule has 0 fully saturated rings. The van der Waals surface area contributed by atoms with Gasteiger partial charge in [-0.25, -0.2) is 9.79 Å². The van der Waals surface area contributed by atoms with Gasteiger partial charge in [-0.05, 0) is 54.3 Å². The molecule has 4 rings (SSSR count). The van der Waals surface area contributed by atoms with Gasteiger partial charge in [0.05, 0.1) is 35.6 Å². The Morgan fingerprint density at radius 1 is 1.02 bits per heavy atom. The summed E-state index contributed by atoms with van der Waals surface area (Å²) < 4.78 is 23.2. The predicted octanol–water partition coefficient (Wildman–Crippen LogP) is 3.29. The van der Waals surface area contributed by atoms with Crippen molar-refractivity contribution < 1.29 is 33.3 Å². The first-order chi connectivity index (χ1) is 19.5. The molecule has 2 aromatic carbocycles. The van der Waals surface area contributed by atoms with Crippen molar-refractivity contribution in [3.63, 3.8) is 0 Å². The second kappa shape index (κ2) is 12.3. The van der Waals surface area contributed by atoms with Crippen LogP contribution in [0.15, 0.2) is 63.5 Å². The highest BCUT2D eigenvalue weighted by Crippen LogP contribution is 2.36. The Bertz CT molecular complexity index is 1710. The maximum absolute atomic E-state index is 13.9. The molecule has 3 aromatic rings. The molecule has 0 bridgehead atoms. The van der Waals surface area contributed by atoms with Gasteiger partial charge in [0.1, 0.15) is 5.75 Å². The first kappa shape index (κ1) is 29.5. The van der Waals surface area contributed by atoms with Gasteiger partial charge < -0.3 is 18.9 Å². The number of hydrogen-bond acceptors (Lipinski definition) is 10. The third-order valence-electron chi connectivity index (χ3n) is 5.99. The van der Waals surface area contributed by atoms with Crippen LogP contribution in [0, 0.1) is 5.92 Å². The molecule has 0 spiro atoms. The van der Waals surface area contributed by atoms with Gasteiger partial charge in [0.25, 0.3) is 5.56 Å². The summed E-state index contributed by atoms with van der Waals surface area (Å²) in [5, 5.41) is 0. The lowest BCUT2D eigenvalue weighted by Gasteiger charge is -2.25. The number of ether oxygens (including phenoxy) is 4. The van der Waals surface area contributed by atoms with E-state index in [4.69, 9.17) is 18.9 Å². The standard InChI is InChI=1S/C30H30N2O8S/c1-16(2)15-38-29(36)26-17(3)31-30-32(27(26)21-9-12-23(40-19(5)34)24(14-21)37-6)28(35)25(41-30)13-20-7-10-22(11-8-20)39-18(4)33/h7-14,16,27H,15H2,1-6H3/b25-13-. The van der Waals surface area contributed by atoms with Gasteiger partial charge in [0, 0.05) is 13.8 Å². The smallest absolute Gasteiger partial charge is 0.338 e. The lowest BCUT2D eigenvalue weighted by molar-refractivity contribution is -0.140. The van der Waals surface area contributed by atoms with Crippen LogP contribution in [0.2, 0.25) is 0 Å². The fourth-order valence-corrected chi connectivity index (χ4v) is 5.31. The van der Waals surface area contributed by atoms with Crippen LogP contribution in [0.3, 0.4) is 0 Å². The van der Waals surface area contributed by atoms with E-state index in [0.29, 0.717) is 31.9 Å². The first-order valence-electron chi connectivity index (χ1n) is 12.8. The van der Waals surface area contributed by atoms with Crippen molar-refractivity contribution in [2.45, 2.75) is 40.7 Å². The molecule has 0 radical (unpaired) electrons. The largest absolute Gasteiger partial charge is 0.493 e. The second-order valence-electron chi connectivity index (χ2n) is 9.74. The van der Waals surface area contributed by atoms with Gasteiger partial charge in [-0.1, -0.05) is 43.4 Å². The normalized spacial score (nSPS) is 14.8. The SMILES string of the molecule is COc1cc(C2C(C(=O)OCC(C)C)=C(C)N=c3s/c(=C\c4ccc(OC(C)=O)cc4)c(=O)n32)ccc1OC(C)=O. The van der Waals surface area contributed by atoms with Crippen molar-refractivity contribution in [1.29, 1.82) is 0 Å². The molecule has 11 heteroatoms. The fourth-order valence-electron chi connectivity index (χ4n) is 4.26. The summed E-state index contributed by atoms with van der Waals surface area (Å²) in [6.45, 7) is 8.36. The molecular formula is C30H30N2O8S. The van der Waals surface area contributed by atoms with Gasteiger partial charge in [0.15, 0.2) is 16.3 Å². The minimum Gasteiger partial charge on any atom is -0.493 e. The Morgan fingerprint density at radius 3 is 2.32 bits per heavy atom. The molecule has 2 heterocycles. The summed E-state index contributed by atoms with van der Waals surface area (Å²) >= 11 is 1.18. The number of methoxy groups -OCH3 is 1. The molecule has 1 unspecified atom stereocenters. The number of thiazole rings is 1. The molecular weight excluding hydrogens is 548 g/mol. The maximum Gasteiger partial charge on any atom is 0.338 e. The second-order valence-corrected chi connectivity index (χ2v) is 10.7. The third kappa shape index (κ3) is 6.63. The minimum absolute atomic E-state index is 0.106. The van der Waals surface area contributed by atoms with E-state index in [-0.39, 0.29) is 35.2 Å². The number of allylic oxidation sites excluding steroid dienone is 1. The molecule has 1 aliphatic rings. The van der Waals surface area contributed by atoms with Crippen LogP contribution >= 0.6 is 11.3 Å². The molecule has 41 heavy (non-hydrogen) atoms. The molecule has 1 aromatic heterocycles. The monoisotopic (exact) mass is 578 g/mol. The summed E-state index contributed by atoms with van der Waals surface area (Å²) in [6, 6.07) is 10.7. The number of carbonyl (C=O) groups excluding carboxylic acids is 3. The predicted molar refractivity (Wildman–Crippen MR) is 152 cm³/mol. The van der Waals surface area contributed by atoms with E-state index in [0.717, 1.165) is 0 Å². The van der Waals surface area contributed by atoms with E-state index in [1.54, 1.807) is 55.5 Å². The number of carbonyl (C=O) groups is 3. The number of fused-ring (bicyclic) bond motifs is 1. The minimum atomic E-state index is -0.875. The van der Waals surface area contributed by atoms with E-state index in [1.807, 2.05) is 13.8 Å². The molecule has 1 aliphatic heterocycles. The lowest BCUT2D eigenvalue weighted by atomic mass is 9.95. The number of hydrogen-bond donors (Lipinski definition) is 0. The molecule has 0 saturated heterocycles. The van der Waals surface area contributed by atoms with Crippen molar-refractivity contribution in [2.24, 2.45) is 10.9 Å². The Labute approximate surface area is 240 Å². The number of benzene rings is 2. The summed E-state index contributed by atoms with van der Waals surface area (Å²) in [4.78, 5) is 55.1. The highest BCUT2D eigenvalue weighted by molar-refractivity contribution is 7.07. The highest BCUT2D eigenvalue weighted by atomic mass is 32.1. The van der Waals surface area contributed by atoms with Gasteiger partial charge in [-0.3, -0.25) is 19.0 Å². The van der Waals surface area contributed by atoms with Crippen LogP contribution in [-0.2, 0) is 19.1 Å². The molecule has 0 saturated carbocycles. The average molecular weight is 579 g/mol.